The number of nitrogens with two attached hydrogens (primary N) is 1. The highest BCUT2D eigenvalue weighted by Gasteiger charge is 2.29. The summed E-state index contributed by atoms with van der Waals surface area (Å²) >= 11 is 17.2. The van der Waals surface area contributed by atoms with Gasteiger partial charge in [0.15, 0.2) is 0 Å². The quantitative estimate of drug-likeness (QED) is 0.841. The van der Waals surface area contributed by atoms with Gasteiger partial charge in [0.2, 0.25) is 0 Å². The van der Waals surface area contributed by atoms with Crippen molar-refractivity contribution in [3.05, 3.63) is 27.0 Å². The summed E-state index contributed by atoms with van der Waals surface area (Å²) < 4.78 is 36.2. The Bertz CT molecular complexity index is 409. The highest BCUT2D eigenvalue weighted by molar-refractivity contribution is 6.43. The van der Waals surface area contributed by atoms with E-state index in [-0.39, 0.29) is 27.2 Å². The molecular weight excluding hydrogens is 299 g/mol. The van der Waals surface area contributed by atoms with E-state index in [4.69, 9.17) is 40.5 Å². The van der Waals surface area contributed by atoms with Gasteiger partial charge < -0.3 is 5.73 Å². The number of aromatic nitrogens is 1. The zero-order chi connectivity index (χ0) is 13.2. The standard InChI is InChI=1S/C9H8Cl3F3N2/c10-4-3-17-8(12)7(11)6(4)5(16)1-2-9(13,14)15/h3,5H,1-2,16H2/t5-/m0/s1. The molecule has 0 spiro atoms. The average molecular weight is 308 g/mol. The van der Waals surface area contributed by atoms with Crippen LogP contribution < -0.4 is 5.73 Å². The van der Waals surface area contributed by atoms with Gasteiger partial charge in [0.25, 0.3) is 0 Å². The maximum atomic E-state index is 12.1. The number of rotatable bonds is 3. The van der Waals surface area contributed by atoms with Crippen molar-refractivity contribution >= 4 is 34.8 Å². The van der Waals surface area contributed by atoms with Gasteiger partial charge in [-0.25, -0.2) is 4.98 Å². The third-order valence-electron chi connectivity index (χ3n) is 2.08. The van der Waals surface area contributed by atoms with Gasteiger partial charge in [-0.3, -0.25) is 0 Å². The summed E-state index contributed by atoms with van der Waals surface area (Å²) in [6.07, 6.45) is -4.39. The zero-order valence-electron chi connectivity index (χ0n) is 8.36. The van der Waals surface area contributed by atoms with Crippen LogP contribution >= 0.6 is 34.8 Å². The van der Waals surface area contributed by atoms with Crippen LogP contribution in [0.2, 0.25) is 15.2 Å². The van der Waals surface area contributed by atoms with Gasteiger partial charge in [0.05, 0.1) is 10.0 Å². The predicted octanol–water partition coefficient (Wildman–Crippen LogP) is 4.38. The number of nitrogens with zero attached hydrogens (tertiary/aromatic N) is 1. The first-order valence-electron chi connectivity index (χ1n) is 4.54. The van der Waals surface area contributed by atoms with Crippen LogP contribution in [0.1, 0.15) is 24.4 Å². The van der Waals surface area contributed by atoms with Crippen LogP contribution in [0.25, 0.3) is 0 Å². The van der Waals surface area contributed by atoms with E-state index >= 15 is 0 Å². The first-order valence-corrected chi connectivity index (χ1v) is 5.67. The molecule has 1 atom stereocenters. The molecule has 17 heavy (non-hydrogen) atoms. The highest BCUT2D eigenvalue weighted by Crippen LogP contribution is 2.36. The van der Waals surface area contributed by atoms with Crippen molar-refractivity contribution in [3.63, 3.8) is 0 Å². The lowest BCUT2D eigenvalue weighted by Crippen LogP contribution is -2.16. The lowest BCUT2D eigenvalue weighted by Gasteiger charge is -2.16. The predicted molar refractivity (Wildman–Crippen MR) is 61.5 cm³/mol. The first kappa shape index (κ1) is 14.8. The summed E-state index contributed by atoms with van der Waals surface area (Å²) in [5.41, 5.74) is 5.81. The molecule has 0 saturated carbocycles. The Morgan fingerprint density at radius 1 is 1.29 bits per heavy atom. The third kappa shape index (κ3) is 4.17. The van der Waals surface area contributed by atoms with Crippen LogP contribution in [-0.2, 0) is 0 Å². The van der Waals surface area contributed by atoms with Crippen molar-refractivity contribution in [1.29, 1.82) is 0 Å². The molecule has 0 unspecified atom stereocenters. The Morgan fingerprint density at radius 3 is 2.41 bits per heavy atom. The summed E-state index contributed by atoms with van der Waals surface area (Å²) in [4.78, 5) is 3.65. The van der Waals surface area contributed by atoms with Crippen molar-refractivity contribution < 1.29 is 13.2 Å². The third-order valence-corrected chi connectivity index (χ3v) is 3.14. The molecule has 0 saturated heterocycles. The molecule has 1 rings (SSSR count). The van der Waals surface area contributed by atoms with E-state index in [0.717, 1.165) is 0 Å². The van der Waals surface area contributed by atoms with E-state index < -0.39 is 18.6 Å². The minimum Gasteiger partial charge on any atom is -0.324 e. The maximum Gasteiger partial charge on any atom is 0.389 e. The van der Waals surface area contributed by atoms with Crippen molar-refractivity contribution in [2.75, 3.05) is 0 Å². The van der Waals surface area contributed by atoms with Crippen molar-refractivity contribution in [2.45, 2.75) is 25.1 Å². The molecule has 1 aromatic heterocycles. The fourth-order valence-corrected chi connectivity index (χ4v) is 2.03. The van der Waals surface area contributed by atoms with E-state index in [2.05, 4.69) is 4.98 Å². The highest BCUT2D eigenvalue weighted by atomic mass is 35.5. The molecule has 0 aliphatic rings. The molecule has 2 N–H and O–H groups in total. The van der Waals surface area contributed by atoms with Crippen LogP contribution in [-0.4, -0.2) is 11.2 Å². The lowest BCUT2D eigenvalue weighted by molar-refractivity contribution is -0.136. The molecule has 0 aliphatic heterocycles. The summed E-state index contributed by atoms with van der Waals surface area (Å²) in [5, 5.41) is 0.0661. The zero-order valence-corrected chi connectivity index (χ0v) is 10.6. The number of alkyl halides is 3. The van der Waals surface area contributed by atoms with Crippen LogP contribution in [0.5, 0.6) is 0 Å². The molecule has 0 radical (unpaired) electrons. The number of pyridine rings is 1. The molecule has 0 amide bonds. The summed E-state index contributed by atoms with van der Waals surface area (Å²) in [5.74, 6) is 0. The lowest BCUT2D eigenvalue weighted by atomic mass is 10.0. The molecule has 8 heteroatoms. The molecule has 1 heterocycles. The van der Waals surface area contributed by atoms with Gasteiger partial charge in [-0.05, 0) is 6.42 Å². The Labute approximate surface area is 111 Å². The van der Waals surface area contributed by atoms with Gasteiger partial charge in [-0.15, -0.1) is 0 Å². The van der Waals surface area contributed by atoms with E-state index in [1.807, 2.05) is 0 Å². The molecule has 96 valence electrons. The topological polar surface area (TPSA) is 38.9 Å². The average Bonchev–Trinajstić information content (AvgIpc) is 2.20. The van der Waals surface area contributed by atoms with Gasteiger partial charge >= 0.3 is 6.18 Å². The Hall–Kier alpha value is -0.230. The second-order valence-corrected chi connectivity index (χ2v) is 4.53. The number of hydrogen-bond donors (Lipinski definition) is 1. The van der Waals surface area contributed by atoms with Crippen molar-refractivity contribution in [3.8, 4) is 0 Å². The van der Waals surface area contributed by atoms with E-state index in [0.29, 0.717) is 0 Å². The SMILES string of the molecule is N[C@@H](CCC(F)(F)F)c1c(Cl)cnc(Cl)c1Cl. The molecule has 0 bridgehead atoms. The van der Waals surface area contributed by atoms with Crippen LogP contribution in [0.15, 0.2) is 6.20 Å². The smallest absolute Gasteiger partial charge is 0.324 e. The van der Waals surface area contributed by atoms with Gasteiger partial charge in [-0.1, -0.05) is 34.8 Å². The number of hydrogen-bond acceptors (Lipinski definition) is 2. The molecule has 2 nitrogen and oxygen atoms in total. The van der Waals surface area contributed by atoms with Crippen LogP contribution in [0.3, 0.4) is 0 Å². The van der Waals surface area contributed by atoms with E-state index in [1.54, 1.807) is 0 Å². The van der Waals surface area contributed by atoms with Crippen LogP contribution in [0, 0.1) is 0 Å². The van der Waals surface area contributed by atoms with Crippen LogP contribution in [0.4, 0.5) is 13.2 Å². The second-order valence-electron chi connectivity index (χ2n) is 3.38. The summed E-state index contributed by atoms with van der Waals surface area (Å²) in [7, 11) is 0. The summed E-state index contributed by atoms with van der Waals surface area (Å²) in [6.45, 7) is 0. The monoisotopic (exact) mass is 306 g/mol. The fraction of sp³-hybridized carbons (Fsp3) is 0.444. The Balaban J connectivity index is 2.89. The van der Waals surface area contributed by atoms with Crippen molar-refractivity contribution in [2.24, 2.45) is 5.73 Å². The largest absolute Gasteiger partial charge is 0.389 e. The molecule has 1 aromatic rings. The molecule has 0 fully saturated rings. The normalized spacial score (nSPS) is 13.8. The minimum atomic E-state index is -4.27. The first-order chi connectivity index (χ1) is 7.72. The van der Waals surface area contributed by atoms with Gasteiger partial charge in [0.1, 0.15) is 5.15 Å². The minimum absolute atomic E-state index is 0.00570. The van der Waals surface area contributed by atoms with E-state index in [9.17, 15) is 13.2 Å². The van der Waals surface area contributed by atoms with Crippen molar-refractivity contribution in [1.82, 2.24) is 4.98 Å². The van der Waals surface area contributed by atoms with Gasteiger partial charge in [-0.2, -0.15) is 13.2 Å². The molecule has 0 aromatic carbocycles. The molecular formula is C9H8Cl3F3N2. The Kier molecular flexibility index (Phi) is 4.89. The maximum absolute atomic E-state index is 12.1. The Morgan fingerprint density at radius 2 is 1.88 bits per heavy atom. The van der Waals surface area contributed by atoms with E-state index in [1.165, 1.54) is 6.20 Å². The molecule has 0 aliphatic carbocycles. The second kappa shape index (κ2) is 5.61. The summed E-state index contributed by atoms with van der Waals surface area (Å²) in [6, 6.07) is -0.933. The fourth-order valence-electron chi connectivity index (χ4n) is 1.26. The van der Waals surface area contributed by atoms with Gasteiger partial charge in [0, 0.05) is 24.2 Å². The number of halogens is 6.